The van der Waals surface area contributed by atoms with Crippen LogP contribution in [0.25, 0.3) is 0 Å². The van der Waals surface area contributed by atoms with Gasteiger partial charge in [-0.25, -0.2) is 18.4 Å². The lowest BCUT2D eigenvalue weighted by molar-refractivity contribution is 0.102. The number of carbonyl (C=O) groups excluding carboxylic acids is 1. The number of nitrogens with one attached hydrogen (secondary N) is 2. The summed E-state index contributed by atoms with van der Waals surface area (Å²) >= 11 is 0. The number of ether oxygens (including phenoxy) is 1. The molecule has 1 saturated heterocycles. The average Bonchev–Trinajstić information content (AvgIpc) is 2.61. The first kappa shape index (κ1) is 18.1. The summed E-state index contributed by atoms with van der Waals surface area (Å²) in [5.74, 6) is 0.263. The van der Waals surface area contributed by atoms with Gasteiger partial charge < -0.3 is 15.0 Å². The Morgan fingerprint density at radius 2 is 1.88 bits per heavy atom. The van der Waals surface area contributed by atoms with Gasteiger partial charge in [-0.3, -0.25) is 9.52 Å². The molecular formula is C16H19N5O4S. The van der Waals surface area contributed by atoms with Crippen molar-refractivity contribution >= 4 is 33.1 Å². The van der Waals surface area contributed by atoms with E-state index in [-0.39, 0.29) is 5.69 Å². The van der Waals surface area contributed by atoms with Gasteiger partial charge in [0, 0.05) is 24.8 Å². The first-order chi connectivity index (χ1) is 12.4. The van der Waals surface area contributed by atoms with Crippen molar-refractivity contribution in [3.8, 4) is 0 Å². The van der Waals surface area contributed by atoms with Gasteiger partial charge in [0.25, 0.3) is 5.91 Å². The molecule has 1 aliphatic rings. The van der Waals surface area contributed by atoms with E-state index in [0.29, 0.717) is 43.5 Å². The Kier molecular flexibility index (Phi) is 5.33. The molecule has 1 aromatic heterocycles. The van der Waals surface area contributed by atoms with Crippen LogP contribution >= 0.6 is 0 Å². The summed E-state index contributed by atoms with van der Waals surface area (Å²) in [6.45, 7) is 2.64. The standard InChI is InChI=1S/C16H19N5O4S/c1-26(23,24)20-13-4-2-3-12(9-13)19-16(22)14-10-15(18-11-17-14)21-5-7-25-8-6-21/h2-4,9-11,20H,5-8H2,1H3,(H,19,22). The molecule has 1 amide bonds. The van der Waals surface area contributed by atoms with E-state index in [1.54, 1.807) is 24.3 Å². The second kappa shape index (κ2) is 7.67. The molecule has 0 saturated carbocycles. The Balaban J connectivity index is 1.73. The highest BCUT2D eigenvalue weighted by atomic mass is 32.2. The number of hydrogen-bond donors (Lipinski definition) is 2. The van der Waals surface area contributed by atoms with Crippen molar-refractivity contribution in [1.82, 2.24) is 9.97 Å². The van der Waals surface area contributed by atoms with E-state index in [4.69, 9.17) is 4.74 Å². The molecule has 2 heterocycles. The third kappa shape index (κ3) is 4.90. The Labute approximate surface area is 151 Å². The molecule has 3 rings (SSSR count). The predicted octanol–water partition coefficient (Wildman–Crippen LogP) is 0.937. The Morgan fingerprint density at radius 1 is 1.15 bits per heavy atom. The number of amides is 1. The summed E-state index contributed by atoms with van der Waals surface area (Å²) in [7, 11) is -3.39. The highest BCUT2D eigenvalue weighted by Gasteiger charge is 2.16. The van der Waals surface area contributed by atoms with Crippen LogP contribution in [0.4, 0.5) is 17.2 Å². The molecule has 0 radical (unpaired) electrons. The Morgan fingerprint density at radius 3 is 2.62 bits per heavy atom. The minimum Gasteiger partial charge on any atom is -0.378 e. The molecule has 0 unspecified atom stereocenters. The van der Waals surface area contributed by atoms with E-state index in [9.17, 15) is 13.2 Å². The summed E-state index contributed by atoms with van der Waals surface area (Å²) < 4.78 is 30.3. The number of anilines is 3. The van der Waals surface area contributed by atoms with Gasteiger partial charge in [-0.15, -0.1) is 0 Å². The van der Waals surface area contributed by atoms with E-state index in [1.807, 2.05) is 4.90 Å². The predicted molar refractivity (Wildman–Crippen MR) is 97.9 cm³/mol. The molecule has 10 heteroatoms. The van der Waals surface area contributed by atoms with E-state index in [0.717, 1.165) is 6.26 Å². The van der Waals surface area contributed by atoms with Crippen LogP contribution in [-0.2, 0) is 14.8 Å². The topological polar surface area (TPSA) is 114 Å². The van der Waals surface area contributed by atoms with Crippen LogP contribution in [0, 0.1) is 0 Å². The molecular weight excluding hydrogens is 358 g/mol. The second-order valence-electron chi connectivity index (χ2n) is 5.77. The lowest BCUT2D eigenvalue weighted by atomic mass is 10.2. The zero-order valence-corrected chi connectivity index (χ0v) is 15.0. The number of hydrogen-bond acceptors (Lipinski definition) is 7. The summed E-state index contributed by atoms with van der Waals surface area (Å²) in [5, 5.41) is 2.71. The van der Waals surface area contributed by atoms with E-state index < -0.39 is 15.9 Å². The normalized spacial score (nSPS) is 14.7. The molecule has 138 valence electrons. The number of carbonyl (C=O) groups is 1. The van der Waals surface area contributed by atoms with Crippen LogP contribution in [-0.4, -0.2) is 56.9 Å². The summed E-state index contributed by atoms with van der Waals surface area (Å²) in [5.41, 5.74) is 1.04. The Bertz CT molecular complexity index is 897. The molecule has 1 aromatic carbocycles. The molecule has 9 nitrogen and oxygen atoms in total. The maximum absolute atomic E-state index is 12.5. The van der Waals surface area contributed by atoms with Gasteiger partial charge in [-0.1, -0.05) is 6.07 Å². The monoisotopic (exact) mass is 377 g/mol. The van der Waals surface area contributed by atoms with Gasteiger partial charge in [0.1, 0.15) is 17.8 Å². The number of benzene rings is 1. The zero-order chi connectivity index (χ0) is 18.6. The van der Waals surface area contributed by atoms with Crippen LogP contribution < -0.4 is 14.9 Å². The summed E-state index contributed by atoms with van der Waals surface area (Å²) in [6, 6.07) is 8.05. The second-order valence-corrected chi connectivity index (χ2v) is 7.52. The lowest BCUT2D eigenvalue weighted by Crippen LogP contribution is -2.37. The first-order valence-electron chi connectivity index (χ1n) is 7.95. The fourth-order valence-electron chi connectivity index (χ4n) is 2.51. The van der Waals surface area contributed by atoms with Crippen LogP contribution in [0.5, 0.6) is 0 Å². The number of aromatic nitrogens is 2. The van der Waals surface area contributed by atoms with Gasteiger partial charge in [-0.2, -0.15) is 0 Å². The Hall–Kier alpha value is -2.72. The maximum atomic E-state index is 12.5. The van der Waals surface area contributed by atoms with Crippen LogP contribution in [0.2, 0.25) is 0 Å². The number of morpholine rings is 1. The molecule has 0 spiro atoms. The quantitative estimate of drug-likeness (QED) is 0.797. The van der Waals surface area contributed by atoms with Gasteiger partial charge in [-0.05, 0) is 18.2 Å². The lowest BCUT2D eigenvalue weighted by Gasteiger charge is -2.27. The van der Waals surface area contributed by atoms with Crippen molar-refractivity contribution < 1.29 is 17.9 Å². The van der Waals surface area contributed by atoms with Crippen molar-refractivity contribution in [2.75, 3.05) is 47.5 Å². The SMILES string of the molecule is CS(=O)(=O)Nc1cccc(NC(=O)c2cc(N3CCOCC3)ncn2)c1. The highest BCUT2D eigenvalue weighted by Crippen LogP contribution is 2.18. The molecule has 2 N–H and O–H groups in total. The molecule has 1 fully saturated rings. The van der Waals surface area contributed by atoms with E-state index in [1.165, 1.54) is 12.4 Å². The fraction of sp³-hybridized carbons (Fsp3) is 0.312. The van der Waals surface area contributed by atoms with E-state index >= 15 is 0 Å². The van der Waals surface area contributed by atoms with Crippen molar-refractivity contribution in [1.29, 1.82) is 0 Å². The minimum absolute atomic E-state index is 0.225. The maximum Gasteiger partial charge on any atom is 0.274 e. The van der Waals surface area contributed by atoms with Crippen LogP contribution in [0.15, 0.2) is 36.7 Å². The molecule has 2 aromatic rings. The third-order valence-corrected chi connectivity index (χ3v) is 4.25. The van der Waals surface area contributed by atoms with Crippen molar-refractivity contribution in [3.05, 3.63) is 42.4 Å². The number of rotatable bonds is 5. The summed E-state index contributed by atoms with van der Waals surface area (Å²) in [6.07, 6.45) is 2.41. The molecule has 1 aliphatic heterocycles. The van der Waals surface area contributed by atoms with Crippen LogP contribution in [0.1, 0.15) is 10.5 Å². The van der Waals surface area contributed by atoms with Crippen molar-refractivity contribution in [3.63, 3.8) is 0 Å². The first-order valence-corrected chi connectivity index (χ1v) is 9.84. The van der Waals surface area contributed by atoms with Gasteiger partial charge in [0.05, 0.1) is 25.2 Å². The fourth-order valence-corrected chi connectivity index (χ4v) is 3.06. The van der Waals surface area contributed by atoms with Crippen molar-refractivity contribution in [2.45, 2.75) is 0 Å². The van der Waals surface area contributed by atoms with Gasteiger partial charge in [0.2, 0.25) is 10.0 Å². The van der Waals surface area contributed by atoms with Gasteiger partial charge in [0.15, 0.2) is 0 Å². The van der Waals surface area contributed by atoms with Crippen LogP contribution in [0.3, 0.4) is 0 Å². The molecule has 0 aliphatic carbocycles. The number of nitrogens with zero attached hydrogens (tertiary/aromatic N) is 3. The molecule has 0 bridgehead atoms. The molecule has 0 atom stereocenters. The minimum atomic E-state index is -3.39. The number of sulfonamides is 1. The van der Waals surface area contributed by atoms with Crippen molar-refractivity contribution in [2.24, 2.45) is 0 Å². The molecule has 26 heavy (non-hydrogen) atoms. The zero-order valence-electron chi connectivity index (χ0n) is 14.2. The highest BCUT2D eigenvalue weighted by molar-refractivity contribution is 7.92. The average molecular weight is 377 g/mol. The smallest absolute Gasteiger partial charge is 0.274 e. The van der Waals surface area contributed by atoms with Gasteiger partial charge >= 0.3 is 0 Å². The van der Waals surface area contributed by atoms with E-state index in [2.05, 4.69) is 20.0 Å². The summed E-state index contributed by atoms with van der Waals surface area (Å²) in [4.78, 5) is 22.7. The third-order valence-electron chi connectivity index (χ3n) is 3.64. The largest absolute Gasteiger partial charge is 0.378 e.